The third-order valence-corrected chi connectivity index (χ3v) is 4.47. The van der Waals surface area contributed by atoms with Gasteiger partial charge in [0.25, 0.3) is 0 Å². The normalized spacial score (nSPS) is 15.1. The van der Waals surface area contributed by atoms with Crippen LogP contribution >= 0.6 is 27.5 Å². The van der Waals surface area contributed by atoms with E-state index in [1.54, 1.807) is 4.90 Å². The fourth-order valence-corrected chi connectivity index (χ4v) is 2.49. The van der Waals surface area contributed by atoms with Crippen molar-refractivity contribution in [1.82, 2.24) is 4.90 Å². The summed E-state index contributed by atoms with van der Waals surface area (Å²) in [7, 11) is 0. The molecule has 0 heterocycles. The first-order chi connectivity index (χ1) is 9.28. The number of carbonyl (C=O) groups is 1. The number of halogens is 2. The molecule has 1 aliphatic carbocycles. The van der Waals surface area contributed by atoms with E-state index in [0.29, 0.717) is 11.6 Å². The number of hydrogen-bond donors (Lipinski definition) is 0. The molecule has 110 valence electrons. The molecule has 0 N–H and O–H groups in total. The molecule has 1 fully saturated rings. The summed E-state index contributed by atoms with van der Waals surface area (Å²) >= 11 is 9.57. The van der Waals surface area contributed by atoms with Gasteiger partial charge >= 0.3 is 6.09 Å². The number of rotatable bonds is 3. The molecule has 1 aliphatic rings. The van der Waals surface area contributed by atoms with Gasteiger partial charge in [-0.15, -0.1) is 0 Å². The van der Waals surface area contributed by atoms with E-state index in [9.17, 15) is 4.79 Å². The molecule has 0 spiro atoms. The average molecular weight is 361 g/mol. The van der Waals surface area contributed by atoms with Crippen LogP contribution in [0.5, 0.6) is 0 Å². The lowest BCUT2D eigenvalue weighted by Gasteiger charge is -2.27. The van der Waals surface area contributed by atoms with Crippen LogP contribution in [0, 0.1) is 0 Å². The standard InChI is InChI=1S/C15H19BrClNO2/c1-15(2,3)20-14(19)18(11-7-8-11)9-10-5-4-6-12(17)13(10)16/h4-6,11H,7-9H2,1-3H3. The maximum Gasteiger partial charge on any atom is 0.410 e. The van der Waals surface area contributed by atoms with Gasteiger partial charge in [-0.05, 0) is 61.2 Å². The molecule has 0 atom stereocenters. The van der Waals surface area contributed by atoms with Crippen LogP contribution in [0.15, 0.2) is 22.7 Å². The molecule has 0 radical (unpaired) electrons. The Labute approximate surface area is 133 Å². The molecular weight excluding hydrogens is 342 g/mol. The Morgan fingerprint density at radius 2 is 2.10 bits per heavy atom. The summed E-state index contributed by atoms with van der Waals surface area (Å²) in [5.74, 6) is 0. The summed E-state index contributed by atoms with van der Waals surface area (Å²) in [5, 5.41) is 0.655. The highest BCUT2D eigenvalue weighted by Gasteiger charge is 2.35. The first kappa shape index (κ1) is 15.6. The molecule has 0 saturated heterocycles. The highest BCUT2D eigenvalue weighted by Crippen LogP contribution is 2.33. The van der Waals surface area contributed by atoms with Crippen molar-refractivity contribution in [2.75, 3.05) is 0 Å². The molecule has 1 aromatic carbocycles. The van der Waals surface area contributed by atoms with Crippen molar-refractivity contribution in [3.63, 3.8) is 0 Å². The molecule has 1 aromatic rings. The van der Waals surface area contributed by atoms with Gasteiger partial charge in [0.15, 0.2) is 0 Å². The molecule has 3 nitrogen and oxygen atoms in total. The zero-order chi connectivity index (χ0) is 14.9. The van der Waals surface area contributed by atoms with Crippen LogP contribution in [-0.2, 0) is 11.3 Å². The van der Waals surface area contributed by atoms with E-state index < -0.39 is 5.60 Å². The fourth-order valence-electron chi connectivity index (χ4n) is 1.90. The molecule has 2 rings (SSSR count). The molecule has 1 saturated carbocycles. The lowest BCUT2D eigenvalue weighted by Crippen LogP contribution is -2.37. The zero-order valence-corrected chi connectivity index (χ0v) is 14.3. The largest absolute Gasteiger partial charge is 0.444 e. The second-order valence-corrected chi connectivity index (χ2v) is 7.25. The quantitative estimate of drug-likeness (QED) is 0.759. The molecule has 0 bridgehead atoms. The molecule has 0 aromatic heterocycles. The molecule has 1 amide bonds. The van der Waals surface area contributed by atoms with Gasteiger partial charge in [-0.25, -0.2) is 4.79 Å². The Kier molecular flexibility index (Phi) is 4.65. The molecule has 0 unspecified atom stereocenters. The van der Waals surface area contributed by atoms with E-state index in [4.69, 9.17) is 16.3 Å². The predicted molar refractivity (Wildman–Crippen MR) is 84.0 cm³/mol. The van der Waals surface area contributed by atoms with Gasteiger partial charge in [0.2, 0.25) is 0 Å². The van der Waals surface area contributed by atoms with Gasteiger partial charge in [-0.1, -0.05) is 23.7 Å². The van der Waals surface area contributed by atoms with E-state index >= 15 is 0 Å². The summed E-state index contributed by atoms with van der Waals surface area (Å²) in [5.41, 5.74) is 0.519. The molecule has 20 heavy (non-hydrogen) atoms. The van der Waals surface area contributed by atoms with Gasteiger partial charge in [0.05, 0.1) is 11.6 Å². The highest BCUT2D eigenvalue weighted by molar-refractivity contribution is 9.10. The number of hydrogen-bond acceptors (Lipinski definition) is 2. The van der Waals surface area contributed by atoms with E-state index in [-0.39, 0.29) is 12.1 Å². The van der Waals surface area contributed by atoms with Crippen LogP contribution in [0.1, 0.15) is 39.2 Å². The lowest BCUT2D eigenvalue weighted by molar-refractivity contribution is 0.0216. The first-order valence-corrected chi connectivity index (χ1v) is 7.87. The Bertz CT molecular complexity index is 509. The fraction of sp³-hybridized carbons (Fsp3) is 0.533. The topological polar surface area (TPSA) is 29.5 Å². The summed E-state index contributed by atoms with van der Waals surface area (Å²) in [6.07, 6.45) is 1.82. The van der Waals surface area contributed by atoms with E-state index in [2.05, 4.69) is 15.9 Å². The predicted octanol–water partition coefficient (Wildman–Crippen LogP) is 5.00. The summed E-state index contributed by atoms with van der Waals surface area (Å²) < 4.78 is 6.33. The minimum Gasteiger partial charge on any atom is -0.444 e. The van der Waals surface area contributed by atoms with Crippen LogP contribution in [-0.4, -0.2) is 22.6 Å². The Hall–Kier alpha value is -0.740. The van der Waals surface area contributed by atoms with Crippen LogP contribution in [0.25, 0.3) is 0 Å². The maximum atomic E-state index is 12.3. The van der Waals surface area contributed by atoms with Crippen molar-refractivity contribution in [1.29, 1.82) is 0 Å². The number of ether oxygens (including phenoxy) is 1. The van der Waals surface area contributed by atoms with Crippen molar-refractivity contribution in [2.24, 2.45) is 0 Å². The zero-order valence-electron chi connectivity index (χ0n) is 12.0. The van der Waals surface area contributed by atoms with Crippen molar-refractivity contribution in [3.8, 4) is 0 Å². The SMILES string of the molecule is CC(C)(C)OC(=O)N(Cc1cccc(Cl)c1Br)C1CC1. The average Bonchev–Trinajstić information content (AvgIpc) is 3.12. The number of amides is 1. The van der Waals surface area contributed by atoms with Crippen molar-refractivity contribution in [2.45, 2.75) is 51.8 Å². The number of benzene rings is 1. The highest BCUT2D eigenvalue weighted by atomic mass is 79.9. The maximum absolute atomic E-state index is 12.3. The Balaban J connectivity index is 2.14. The van der Waals surface area contributed by atoms with Gasteiger partial charge in [0, 0.05) is 10.5 Å². The Morgan fingerprint density at radius 3 is 2.65 bits per heavy atom. The second kappa shape index (κ2) is 5.94. The smallest absolute Gasteiger partial charge is 0.410 e. The third-order valence-electron chi connectivity index (χ3n) is 2.99. The number of carbonyl (C=O) groups excluding carboxylic acids is 1. The summed E-state index contributed by atoms with van der Waals surface area (Å²) in [4.78, 5) is 14.1. The van der Waals surface area contributed by atoms with Crippen molar-refractivity contribution < 1.29 is 9.53 Å². The van der Waals surface area contributed by atoms with Crippen LogP contribution in [0.4, 0.5) is 4.79 Å². The van der Waals surface area contributed by atoms with Gasteiger partial charge in [-0.3, -0.25) is 0 Å². The van der Waals surface area contributed by atoms with Gasteiger partial charge < -0.3 is 9.64 Å². The third kappa shape index (κ3) is 4.13. The van der Waals surface area contributed by atoms with Crippen LogP contribution < -0.4 is 0 Å². The Morgan fingerprint density at radius 1 is 1.45 bits per heavy atom. The minimum atomic E-state index is -0.476. The van der Waals surface area contributed by atoms with Crippen LogP contribution in [0.2, 0.25) is 5.02 Å². The van der Waals surface area contributed by atoms with E-state index in [1.165, 1.54) is 0 Å². The van der Waals surface area contributed by atoms with Crippen LogP contribution in [0.3, 0.4) is 0 Å². The molecule has 5 heteroatoms. The van der Waals surface area contributed by atoms with E-state index in [0.717, 1.165) is 22.9 Å². The molecule has 0 aliphatic heterocycles. The van der Waals surface area contributed by atoms with Gasteiger partial charge in [0.1, 0.15) is 5.60 Å². The van der Waals surface area contributed by atoms with Crippen molar-refractivity contribution >= 4 is 33.6 Å². The first-order valence-electron chi connectivity index (χ1n) is 6.70. The number of nitrogens with zero attached hydrogens (tertiary/aromatic N) is 1. The summed E-state index contributed by atoms with van der Waals surface area (Å²) in [6, 6.07) is 5.97. The lowest BCUT2D eigenvalue weighted by atomic mass is 10.2. The minimum absolute atomic E-state index is 0.258. The monoisotopic (exact) mass is 359 g/mol. The van der Waals surface area contributed by atoms with Crippen molar-refractivity contribution in [3.05, 3.63) is 33.3 Å². The van der Waals surface area contributed by atoms with Gasteiger partial charge in [-0.2, -0.15) is 0 Å². The van der Waals surface area contributed by atoms with E-state index in [1.807, 2.05) is 39.0 Å². The molecular formula is C15H19BrClNO2. The second-order valence-electron chi connectivity index (χ2n) is 6.05. The summed E-state index contributed by atoms with van der Waals surface area (Å²) in [6.45, 7) is 6.16.